The second-order valence-electron chi connectivity index (χ2n) is 7.15. The summed E-state index contributed by atoms with van der Waals surface area (Å²) in [7, 11) is -6.92. The highest BCUT2D eigenvalue weighted by Gasteiger charge is 2.35. The van der Waals surface area contributed by atoms with Crippen LogP contribution in [-0.4, -0.2) is 81.8 Å². The number of carbonyl (C=O) groups excluding carboxylic acids is 1. The van der Waals surface area contributed by atoms with Crippen LogP contribution in [0.25, 0.3) is 0 Å². The maximum Gasteiger partial charge on any atom is 0.243 e. The molecule has 0 N–H and O–H groups in total. The van der Waals surface area contributed by atoms with Crippen LogP contribution >= 0.6 is 15.9 Å². The Morgan fingerprint density at radius 2 is 1.71 bits per heavy atom. The molecule has 3 rings (SSSR count). The van der Waals surface area contributed by atoms with E-state index in [0.29, 0.717) is 36.9 Å². The Kier molecular flexibility index (Phi) is 6.50. The van der Waals surface area contributed by atoms with Crippen molar-refractivity contribution in [3.8, 4) is 0 Å². The highest BCUT2D eigenvalue weighted by molar-refractivity contribution is 9.10. The van der Waals surface area contributed by atoms with Crippen molar-refractivity contribution < 1.29 is 21.6 Å². The van der Waals surface area contributed by atoms with Crippen LogP contribution in [0.15, 0.2) is 33.6 Å². The number of rotatable bonds is 4. The van der Waals surface area contributed by atoms with E-state index in [1.54, 1.807) is 29.2 Å². The molecule has 156 valence electrons. The largest absolute Gasteiger partial charge is 0.340 e. The zero-order chi connectivity index (χ0) is 20.5. The SMILES string of the molecule is CS(=O)(=O)N1CCCC(C(=O)N2CCN(S(=O)(=O)c3cccc(Br)c3)CC2)C1. The van der Waals surface area contributed by atoms with Crippen molar-refractivity contribution in [3.63, 3.8) is 0 Å². The van der Waals surface area contributed by atoms with E-state index >= 15 is 0 Å². The summed E-state index contributed by atoms with van der Waals surface area (Å²) in [6.07, 6.45) is 2.47. The molecular formula is C17H24BrN3O5S2. The van der Waals surface area contributed by atoms with Gasteiger partial charge in [0.15, 0.2) is 0 Å². The molecule has 11 heteroatoms. The highest BCUT2D eigenvalue weighted by Crippen LogP contribution is 2.24. The summed E-state index contributed by atoms with van der Waals surface area (Å²) in [5.41, 5.74) is 0. The quantitative estimate of drug-likeness (QED) is 0.622. The van der Waals surface area contributed by atoms with E-state index in [1.807, 2.05) is 0 Å². The van der Waals surface area contributed by atoms with Crippen molar-refractivity contribution >= 4 is 41.9 Å². The third-order valence-corrected chi connectivity index (χ3v) is 8.84. The van der Waals surface area contributed by atoms with E-state index in [9.17, 15) is 21.6 Å². The molecule has 1 aromatic rings. The fourth-order valence-electron chi connectivity index (χ4n) is 3.63. The second-order valence-corrected chi connectivity index (χ2v) is 12.0. The van der Waals surface area contributed by atoms with Crippen LogP contribution in [0, 0.1) is 5.92 Å². The first kappa shape index (κ1) is 21.7. The third kappa shape index (κ3) is 4.76. The summed E-state index contributed by atoms with van der Waals surface area (Å²) in [6, 6.07) is 6.56. The maximum absolute atomic E-state index is 12.8. The van der Waals surface area contributed by atoms with Gasteiger partial charge in [0.2, 0.25) is 26.0 Å². The summed E-state index contributed by atoms with van der Waals surface area (Å²) in [6.45, 7) is 1.71. The van der Waals surface area contributed by atoms with Gasteiger partial charge in [-0.2, -0.15) is 4.31 Å². The standard InChI is InChI=1S/C17H24BrN3O5S2/c1-27(23,24)21-7-3-4-14(13-21)17(22)19-8-10-20(11-9-19)28(25,26)16-6-2-5-15(18)12-16/h2,5-6,12,14H,3-4,7-11,13H2,1H3. The molecule has 0 aromatic heterocycles. The fourth-order valence-corrected chi connectivity index (χ4v) is 6.56. The highest BCUT2D eigenvalue weighted by atomic mass is 79.9. The van der Waals surface area contributed by atoms with Gasteiger partial charge in [-0.1, -0.05) is 22.0 Å². The van der Waals surface area contributed by atoms with E-state index in [-0.39, 0.29) is 36.4 Å². The van der Waals surface area contributed by atoms with Gasteiger partial charge >= 0.3 is 0 Å². The van der Waals surface area contributed by atoms with Crippen LogP contribution in [0.3, 0.4) is 0 Å². The molecule has 8 nitrogen and oxygen atoms in total. The number of carbonyl (C=O) groups is 1. The summed E-state index contributed by atoms with van der Waals surface area (Å²) in [5.74, 6) is -0.454. The van der Waals surface area contributed by atoms with Crippen LogP contribution in [0.1, 0.15) is 12.8 Å². The van der Waals surface area contributed by atoms with Crippen molar-refractivity contribution in [1.29, 1.82) is 0 Å². The molecule has 0 radical (unpaired) electrons. The lowest BCUT2D eigenvalue weighted by atomic mass is 9.98. The molecule has 28 heavy (non-hydrogen) atoms. The van der Waals surface area contributed by atoms with Crippen molar-refractivity contribution in [2.75, 3.05) is 45.5 Å². The number of amides is 1. The number of hydrogen-bond donors (Lipinski definition) is 0. The summed E-state index contributed by atoms with van der Waals surface area (Å²) < 4.78 is 52.6. The Bertz CT molecular complexity index is 943. The number of halogens is 1. The minimum atomic E-state index is -3.61. The Labute approximate surface area is 174 Å². The van der Waals surface area contributed by atoms with E-state index in [1.165, 1.54) is 8.61 Å². The van der Waals surface area contributed by atoms with Crippen LogP contribution in [0.2, 0.25) is 0 Å². The van der Waals surface area contributed by atoms with E-state index in [4.69, 9.17) is 0 Å². The van der Waals surface area contributed by atoms with E-state index in [2.05, 4.69) is 15.9 Å². The number of sulfonamides is 2. The molecule has 2 heterocycles. The van der Waals surface area contributed by atoms with Gasteiger partial charge < -0.3 is 4.90 Å². The zero-order valence-electron chi connectivity index (χ0n) is 15.6. The molecule has 0 bridgehead atoms. The van der Waals surface area contributed by atoms with Crippen LogP contribution in [0.4, 0.5) is 0 Å². The second kappa shape index (κ2) is 8.39. The van der Waals surface area contributed by atoms with Crippen LogP contribution < -0.4 is 0 Å². The first-order valence-electron chi connectivity index (χ1n) is 9.08. The molecule has 0 aliphatic carbocycles. The van der Waals surface area contributed by atoms with Crippen molar-refractivity contribution in [2.45, 2.75) is 17.7 Å². The lowest BCUT2D eigenvalue weighted by molar-refractivity contribution is -0.137. The number of hydrogen-bond acceptors (Lipinski definition) is 5. The van der Waals surface area contributed by atoms with Crippen molar-refractivity contribution in [1.82, 2.24) is 13.5 Å². The molecule has 1 amide bonds. The smallest absolute Gasteiger partial charge is 0.243 e. The zero-order valence-corrected chi connectivity index (χ0v) is 18.8. The average molecular weight is 494 g/mol. The Morgan fingerprint density at radius 1 is 1.04 bits per heavy atom. The Balaban J connectivity index is 1.63. The minimum Gasteiger partial charge on any atom is -0.340 e. The summed E-state index contributed by atoms with van der Waals surface area (Å²) in [5, 5.41) is 0. The number of nitrogens with zero attached hydrogens (tertiary/aromatic N) is 3. The number of piperidine rings is 1. The normalized spacial score (nSPS) is 22.9. The number of piperazine rings is 1. The van der Waals surface area contributed by atoms with Gasteiger partial charge in [-0.05, 0) is 31.0 Å². The fraction of sp³-hybridized carbons (Fsp3) is 0.588. The van der Waals surface area contributed by atoms with Crippen molar-refractivity contribution in [2.24, 2.45) is 5.92 Å². The van der Waals surface area contributed by atoms with E-state index in [0.717, 1.165) is 6.26 Å². The lowest BCUT2D eigenvalue weighted by Gasteiger charge is -2.38. The Hall–Kier alpha value is -1.01. The molecule has 2 aliphatic rings. The van der Waals surface area contributed by atoms with Gasteiger partial charge in [0.05, 0.1) is 17.1 Å². The van der Waals surface area contributed by atoms with Gasteiger partial charge in [0, 0.05) is 43.7 Å². The lowest BCUT2D eigenvalue weighted by Crippen LogP contribution is -2.53. The molecule has 1 atom stereocenters. The molecular weight excluding hydrogens is 470 g/mol. The first-order chi connectivity index (χ1) is 13.1. The maximum atomic E-state index is 12.8. The predicted molar refractivity (Wildman–Crippen MR) is 109 cm³/mol. The van der Waals surface area contributed by atoms with Crippen molar-refractivity contribution in [3.05, 3.63) is 28.7 Å². The topological polar surface area (TPSA) is 95.1 Å². The third-order valence-electron chi connectivity index (χ3n) is 5.19. The van der Waals surface area contributed by atoms with Gasteiger partial charge in [-0.3, -0.25) is 4.79 Å². The molecule has 1 aromatic carbocycles. The molecule has 2 fully saturated rings. The van der Waals surface area contributed by atoms with Gasteiger partial charge in [-0.15, -0.1) is 0 Å². The monoisotopic (exact) mass is 493 g/mol. The molecule has 0 spiro atoms. The first-order valence-corrected chi connectivity index (χ1v) is 13.2. The summed E-state index contributed by atoms with van der Waals surface area (Å²) >= 11 is 3.29. The van der Waals surface area contributed by atoms with Gasteiger partial charge in [-0.25, -0.2) is 21.1 Å². The molecule has 2 saturated heterocycles. The minimum absolute atomic E-state index is 0.0900. The average Bonchev–Trinajstić information content (AvgIpc) is 2.67. The van der Waals surface area contributed by atoms with Gasteiger partial charge in [0.1, 0.15) is 0 Å². The van der Waals surface area contributed by atoms with Crippen LogP contribution in [0.5, 0.6) is 0 Å². The molecule has 2 aliphatic heterocycles. The Morgan fingerprint density at radius 3 is 2.32 bits per heavy atom. The van der Waals surface area contributed by atoms with Crippen LogP contribution in [-0.2, 0) is 24.8 Å². The molecule has 1 unspecified atom stereocenters. The van der Waals surface area contributed by atoms with E-state index < -0.39 is 20.0 Å². The summed E-state index contributed by atoms with van der Waals surface area (Å²) in [4.78, 5) is 14.7. The van der Waals surface area contributed by atoms with Gasteiger partial charge in [0.25, 0.3) is 0 Å². The molecule has 0 saturated carbocycles. The number of benzene rings is 1. The predicted octanol–water partition coefficient (Wildman–Crippen LogP) is 0.954.